The van der Waals surface area contributed by atoms with Crippen LogP contribution in [0, 0.1) is 0 Å². The normalized spacial score (nSPS) is 15.7. The number of aromatic nitrogens is 2. The van der Waals surface area contributed by atoms with Crippen molar-refractivity contribution in [1.29, 1.82) is 0 Å². The van der Waals surface area contributed by atoms with Crippen LogP contribution in [0.5, 0.6) is 0 Å². The number of anilines is 1. The highest BCUT2D eigenvalue weighted by Crippen LogP contribution is 2.24. The van der Waals surface area contributed by atoms with Crippen molar-refractivity contribution < 1.29 is 9.59 Å². The van der Waals surface area contributed by atoms with Crippen molar-refractivity contribution in [1.82, 2.24) is 15.1 Å². The molecule has 0 atom stereocenters. The molecular formula is C20H12BrClN4O2S. The second-order valence-corrected chi connectivity index (χ2v) is 7.87. The lowest BCUT2D eigenvalue weighted by Gasteiger charge is -2.28. The van der Waals surface area contributed by atoms with E-state index in [1.165, 1.54) is 11.0 Å². The molecule has 1 N–H and O–H groups in total. The molecule has 29 heavy (non-hydrogen) atoms. The van der Waals surface area contributed by atoms with Gasteiger partial charge in [0, 0.05) is 21.3 Å². The third kappa shape index (κ3) is 4.00. The van der Waals surface area contributed by atoms with E-state index in [1.54, 1.807) is 41.3 Å². The molecule has 6 nitrogen and oxygen atoms in total. The van der Waals surface area contributed by atoms with Crippen molar-refractivity contribution in [3.05, 3.63) is 81.6 Å². The Morgan fingerprint density at radius 1 is 1.03 bits per heavy atom. The molecule has 2 heterocycles. The lowest BCUT2D eigenvalue weighted by Crippen LogP contribution is -2.54. The molecule has 0 unspecified atom stereocenters. The Bertz CT molecular complexity index is 1160. The van der Waals surface area contributed by atoms with E-state index in [4.69, 9.17) is 23.8 Å². The summed E-state index contributed by atoms with van der Waals surface area (Å²) in [6.07, 6.45) is 4.80. The number of benzene rings is 2. The highest BCUT2D eigenvalue weighted by Gasteiger charge is 2.34. The minimum absolute atomic E-state index is 0.0185. The van der Waals surface area contributed by atoms with Gasteiger partial charge < -0.3 is 0 Å². The highest BCUT2D eigenvalue weighted by atomic mass is 79.9. The van der Waals surface area contributed by atoms with Gasteiger partial charge >= 0.3 is 0 Å². The lowest BCUT2D eigenvalue weighted by atomic mass is 10.1. The molecule has 2 amide bonds. The number of thiocarbonyl (C=S) groups is 1. The summed E-state index contributed by atoms with van der Waals surface area (Å²) >= 11 is 14.5. The first-order chi connectivity index (χ1) is 13.9. The maximum atomic E-state index is 13.0. The number of rotatable bonds is 3. The number of carbonyl (C=O) groups is 2. The zero-order valence-corrected chi connectivity index (χ0v) is 17.8. The zero-order chi connectivity index (χ0) is 20.5. The molecule has 1 saturated heterocycles. The Labute approximate surface area is 184 Å². The van der Waals surface area contributed by atoms with Gasteiger partial charge in [-0.2, -0.15) is 5.10 Å². The number of amides is 2. The van der Waals surface area contributed by atoms with Gasteiger partial charge in [-0.3, -0.25) is 19.8 Å². The standard InChI is InChI=1S/C20H12BrClN4O2S/c21-13-1-5-15(6-2-13)25-11-12(10-23-25)9-17-18(27)24-20(29)26(19(17)28)16-7-3-14(22)4-8-16/h1-11H,(H,24,27,29)/b17-9+. The molecule has 0 bridgehead atoms. The fraction of sp³-hybridized carbons (Fsp3) is 0. The van der Waals surface area contributed by atoms with Crippen LogP contribution in [0.4, 0.5) is 5.69 Å². The van der Waals surface area contributed by atoms with Crippen LogP contribution < -0.4 is 10.2 Å². The minimum Gasteiger partial charge on any atom is -0.298 e. The van der Waals surface area contributed by atoms with E-state index in [0.717, 1.165) is 10.2 Å². The number of nitrogens with one attached hydrogen (secondary N) is 1. The summed E-state index contributed by atoms with van der Waals surface area (Å²) in [5.41, 5.74) is 1.93. The first-order valence-electron chi connectivity index (χ1n) is 8.40. The topological polar surface area (TPSA) is 67.2 Å². The van der Waals surface area contributed by atoms with Crippen LogP contribution in [-0.4, -0.2) is 26.7 Å². The summed E-state index contributed by atoms with van der Waals surface area (Å²) in [7, 11) is 0. The molecule has 4 rings (SSSR count). The Kier molecular flexibility index (Phi) is 5.31. The summed E-state index contributed by atoms with van der Waals surface area (Å²) in [6.45, 7) is 0. The molecule has 0 aliphatic carbocycles. The first-order valence-corrected chi connectivity index (χ1v) is 9.98. The van der Waals surface area contributed by atoms with Crippen LogP contribution in [0.15, 0.2) is 71.0 Å². The Hall–Kier alpha value is -2.81. The average molecular weight is 488 g/mol. The van der Waals surface area contributed by atoms with Gasteiger partial charge in [-0.1, -0.05) is 27.5 Å². The molecule has 2 aromatic carbocycles. The van der Waals surface area contributed by atoms with Crippen LogP contribution in [0.2, 0.25) is 5.02 Å². The molecular weight excluding hydrogens is 476 g/mol. The molecule has 9 heteroatoms. The third-order valence-electron chi connectivity index (χ3n) is 4.19. The average Bonchev–Trinajstić information content (AvgIpc) is 3.16. The van der Waals surface area contributed by atoms with Crippen LogP contribution in [-0.2, 0) is 9.59 Å². The monoisotopic (exact) mass is 486 g/mol. The summed E-state index contributed by atoms with van der Waals surface area (Å²) < 4.78 is 2.62. The predicted molar refractivity (Wildman–Crippen MR) is 119 cm³/mol. The molecule has 0 spiro atoms. The van der Waals surface area contributed by atoms with Crippen LogP contribution in [0.1, 0.15) is 5.56 Å². The molecule has 144 valence electrons. The summed E-state index contributed by atoms with van der Waals surface area (Å²) in [5.74, 6) is -1.07. The largest absolute Gasteiger partial charge is 0.298 e. The second kappa shape index (κ2) is 7.90. The smallest absolute Gasteiger partial charge is 0.270 e. The van der Waals surface area contributed by atoms with Crippen molar-refractivity contribution in [3.63, 3.8) is 0 Å². The first kappa shape index (κ1) is 19.5. The lowest BCUT2D eigenvalue weighted by molar-refractivity contribution is -0.122. The SMILES string of the molecule is O=C1NC(=S)N(c2ccc(Cl)cc2)C(=O)/C1=C/c1cnn(-c2ccc(Br)cc2)c1. The summed E-state index contributed by atoms with van der Waals surface area (Å²) in [5, 5.41) is 7.40. The van der Waals surface area contributed by atoms with Gasteiger partial charge in [0.1, 0.15) is 5.57 Å². The predicted octanol–water partition coefficient (Wildman–Crippen LogP) is 4.12. The van der Waals surface area contributed by atoms with Crippen LogP contribution >= 0.6 is 39.7 Å². The van der Waals surface area contributed by atoms with Gasteiger partial charge in [-0.05, 0) is 66.8 Å². The zero-order valence-electron chi connectivity index (χ0n) is 14.7. The number of hydrogen-bond acceptors (Lipinski definition) is 4. The quantitative estimate of drug-likeness (QED) is 0.343. The van der Waals surface area contributed by atoms with Crippen molar-refractivity contribution in [3.8, 4) is 5.69 Å². The summed E-state index contributed by atoms with van der Waals surface area (Å²) in [4.78, 5) is 26.7. The van der Waals surface area contributed by atoms with Gasteiger partial charge in [0.2, 0.25) is 0 Å². The van der Waals surface area contributed by atoms with E-state index in [1.807, 2.05) is 24.3 Å². The molecule has 1 aliphatic rings. The Morgan fingerprint density at radius 2 is 1.69 bits per heavy atom. The van der Waals surface area contributed by atoms with Crippen molar-refractivity contribution in [2.24, 2.45) is 0 Å². The number of carbonyl (C=O) groups excluding carboxylic acids is 2. The number of halogens is 2. The van der Waals surface area contributed by atoms with Gasteiger partial charge in [-0.25, -0.2) is 4.68 Å². The molecule has 1 aliphatic heterocycles. The van der Waals surface area contributed by atoms with Gasteiger partial charge in [0.05, 0.1) is 17.6 Å². The van der Waals surface area contributed by atoms with Crippen molar-refractivity contribution in [2.45, 2.75) is 0 Å². The van der Waals surface area contributed by atoms with Crippen molar-refractivity contribution >= 4 is 68.4 Å². The minimum atomic E-state index is -0.554. The van der Waals surface area contributed by atoms with E-state index >= 15 is 0 Å². The van der Waals surface area contributed by atoms with Crippen LogP contribution in [0.25, 0.3) is 11.8 Å². The van der Waals surface area contributed by atoms with Gasteiger partial charge in [0.25, 0.3) is 11.8 Å². The van der Waals surface area contributed by atoms with E-state index in [2.05, 4.69) is 26.3 Å². The number of nitrogens with zero attached hydrogens (tertiary/aromatic N) is 3. The number of hydrogen-bond donors (Lipinski definition) is 1. The second-order valence-electron chi connectivity index (χ2n) is 6.13. The highest BCUT2D eigenvalue weighted by molar-refractivity contribution is 9.10. The van der Waals surface area contributed by atoms with Crippen LogP contribution in [0.3, 0.4) is 0 Å². The molecule has 3 aromatic rings. The third-order valence-corrected chi connectivity index (χ3v) is 5.26. The Balaban J connectivity index is 1.66. The fourth-order valence-electron chi connectivity index (χ4n) is 2.80. The molecule has 1 aromatic heterocycles. The molecule has 1 fully saturated rings. The molecule has 0 saturated carbocycles. The van der Waals surface area contributed by atoms with Gasteiger partial charge in [-0.15, -0.1) is 0 Å². The fourth-order valence-corrected chi connectivity index (χ4v) is 3.47. The Morgan fingerprint density at radius 3 is 2.38 bits per heavy atom. The van der Waals surface area contributed by atoms with E-state index in [9.17, 15) is 9.59 Å². The van der Waals surface area contributed by atoms with E-state index in [0.29, 0.717) is 16.3 Å². The van der Waals surface area contributed by atoms with Crippen molar-refractivity contribution in [2.75, 3.05) is 4.90 Å². The maximum absolute atomic E-state index is 13.0. The maximum Gasteiger partial charge on any atom is 0.270 e. The van der Waals surface area contributed by atoms with Gasteiger partial charge in [0.15, 0.2) is 5.11 Å². The van der Waals surface area contributed by atoms with E-state index in [-0.39, 0.29) is 10.7 Å². The van der Waals surface area contributed by atoms with E-state index < -0.39 is 11.8 Å². The molecule has 0 radical (unpaired) electrons. The summed E-state index contributed by atoms with van der Waals surface area (Å²) in [6, 6.07) is 14.2.